The molecule has 0 rings (SSSR count). The third-order valence-corrected chi connectivity index (χ3v) is 1.51. The molecule has 1 amide bonds. The van der Waals surface area contributed by atoms with E-state index in [1.54, 1.807) is 0 Å². The average molecular weight is 157 g/mol. The second kappa shape index (κ2) is 4.34. The van der Waals surface area contributed by atoms with Crippen LogP contribution in [0.1, 0.15) is 13.8 Å². The first kappa shape index (κ1) is 10.4. The molecule has 0 saturated carbocycles. The molecular formula is C8H17N2O. The first-order valence-electron chi connectivity index (χ1n) is 3.76. The zero-order valence-corrected chi connectivity index (χ0v) is 7.66. The van der Waals surface area contributed by atoms with Crippen LogP contribution in [-0.2, 0) is 4.79 Å². The fourth-order valence-electron chi connectivity index (χ4n) is 0.895. The van der Waals surface area contributed by atoms with Gasteiger partial charge in [-0.3, -0.25) is 4.79 Å². The van der Waals surface area contributed by atoms with E-state index in [0.717, 1.165) is 0 Å². The van der Waals surface area contributed by atoms with Crippen LogP contribution in [-0.4, -0.2) is 24.9 Å². The van der Waals surface area contributed by atoms with Crippen molar-refractivity contribution in [2.75, 3.05) is 14.1 Å². The van der Waals surface area contributed by atoms with Crippen molar-refractivity contribution in [1.82, 2.24) is 4.90 Å². The highest BCUT2D eigenvalue weighted by Crippen LogP contribution is 2.13. The van der Waals surface area contributed by atoms with Gasteiger partial charge in [-0.25, -0.2) is 0 Å². The van der Waals surface area contributed by atoms with Crippen LogP contribution < -0.4 is 5.73 Å². The Morgan fingerprint density at radius 2 is 1.91 bits per heavy atom. The van der Waals surface area contributed by atoms with Gasteiger partial charge in [-0.1, -0.05) is 13.8 Å². The SMILES string of the molecule is CC(C)C([CH]N(C)C)C(N)=O. The van der Waals surface area contributed by atoms with Crippen LogP contribution >= 0.6 is 0 Å². The van der Waals surface area contributed by atoms with Gasteiger partial charge < -0.3 is 10.6 Å². The van der Waals surface area contributed by atoms with Crippen LogP contribution in [0, 0.1) is 18.4 Å². The van der Waals surface area contributed by atoms with Gasteiger partial charge in [-0.15, -0.1) is 0 Å². The molecular weight excluding hydrogens is 140 g/mol. The molecule has 0 aliphatic carbocycles. The third kappa shape index (κ3) is 3.98. The highest BCUT2D eigenvalue weighted by molar-refractivity contribution is 5.78. The minimum Gasteiger partial charge on any atom is -0.369 e. The molecule has 2 N–H and O–H groups in total. The van der Waals surface area contributed by atoms with Crippen molar-refractivity contribution in [3.8, 4) is 0 Å². The maximum absolute atomic E-state index is 10.8. The van der Waals surface area contributed by atoms with Crippen molar-refractivity contribution < 1.29 is 4.79 Å². The molecule has 0 aliphatic rings. The molecule has 3 heteroatoms. The molecule has 65 valence electrons. The standard InChI is InChI=1S/C8H17N2O/c1-6(2)7(8(9)11)5-10(3)4/h5-7H,1-4H3,(H2,9,11). The Labute approximate surface area is 68.6 Å². The van der Waals surface area contributed by atoms with Gasteiger partial charge in [-0.05, 0) is 20.0 Å². The quantitative estimate of drug-likeness (QED) is 0.644. The Kier molecular flexibility index (Phi) is 4.11. The zero-order valence-electron chi connectivity index (χ0n) is 7.66. The van der Waals surface area contributed by atoms with Crippen LogP contribution in [0.5, 0.6) is 0 Å². The Morgan fingerprint density at radius 3 is 2.00 bits per heavy atom. The molecule has 3 nitrogen and oxygen atoms in total. The van der Waals surface area contributed by atoms with Crippen molar-refractivity contribution in [3.63, 3.8) is 0 Å². The first-order chi connectivity index (χ1) is 4.95. The molecule has 0 fully saturated rings. The maximum atomic E-state index is 10.8. The minimum atomic E-state index is -0.256. The van der Waals surface area contributed by atoms with Gasteiger partial charge >= 0.3 is 0 Å². The smallest absolute Gasteiger partial charge is 0.222 e. The Hall–Kier alpha value is -0.570. The van der Waals surface area contributed by atoms with E-state index in [-0.39, 0.29) is 17.7 Å². The fraction of sp³-hybridized carbons (Fsp3) is 0.750. The van der Waals surface area contributed by atoms with Crippen LogP contribution in [0.15, 0.2) is 0 Å². The summed E-state index contributed by atoms with van der Waals surface area (Å²) in [5.41, 5.74) is 5.19. The number of carbonyl (C=O) groups is 1. The summed E-state index contributed by atoms with van der Waals surface area (Å²) in [5, 5.41) is 0. The number of nitrogens with two attached hydrogens (primary N) is 1. The van der Waals surface area contributed by atoms with Gasteiger partial charge in [0, 0.05) is 6.54 Å². The number of hydrogen-bond acceptors (Lipinski definition) is 2. The van der Waals surface area contributed by atoms with E-state index in [4.69, 9.17) is 5.73 Å². The Bertz CT molecular complexity index is 132. The Morgan fingerprint density at radius 1 is 1.45 bits per heavy atom. The summed E-state index contributed by atoms with van der Waals surface area (Å²) in [7, 11) is 3.77. The molecule has 0 aliphatic heterocycles. The lowest BCUT2D eigenvalue weighted by Gasteiger charge is -2.20. The largest absolute Gasteiger partial charge is 0.369 e. The molecule has 0 aromatic heterocycles. The third-order valence-electron chi connectivity index (χ3n) is 1.51. The van der Waals surface area contributed by atoms with E-state index < -0.39 is 0 Å². The van der Waals surface area contributed by atoms with Crippen molar-refractivity contribution in [3.05, 3.63) is 6.54 Å². The number of amides is 1. The topological polar surface area (TPSA) is 46.3 Å². The molecule has 1 unspecified atom stereocenters. The van der Waals surface area contributed by atoms with E-state index in [1.807, 2.05) is 39.4 Å². The Balaban J connectivity index is 4.01. The summed E-state index contributed by atoms with van der Waals surface area (Å²) < 4.78 is 0. The molecule has 1 atom stereocenters. The van der Waals surface area contributed by atoms with E-state index in [0.29, 0.717) is 0 Å². The van der Waals surface area contributed by atoms with E-state index in [9.17, 15) is 4.79 Å². The molecule has 11 heavy (non-hydrogen) atoms. The van der Waals surface area contributed by atoms with Crippen LogP contribution in [0.4, 0.5) is 0 Å². The summed E-state index contributed by atoms with van der Waals surface area (Å²) in [6.07, 6.45) is 0. The predicted octanol–water partition coefficient (Wildman–Crippen LogP) is 0.467. The zero-order chi connectivity index (χ0) is 9.02. The van der Waals surface area contributed by atoms with E-state index >= 15 is 0 Å². The minimum absolute atomic E-state index is 0.148. The molecule has 0 spiro atoms. The normalized spacial score (nSPS) is 14.0. The van der Waals surface area contributed by atoms with Crippen molar-refractivity contribution in [2.45, 2.75) is 13.8 Å². The summed E-state index contributed by atoms with van der Waals surface area (Å²) in [4.78, 5) is 12.7. The fourth-order valence-corrected chi connectivity index (χ4v) is 0.895. The maximum Gasteiger partial charge on any atom is 0.222 e. The predicted molar refractivity (Wildman–Crippen MR) is 45.5 cm³/mol. The van der Waals surface area contributed by atoms with Gasteiger partial charge in [0.15, 0.2) is 0 Å². The van der Waals surface area contributed by atoms with Gasteiger partial charge in [-0.2, -0.15) is 0 Å². The molecule has 0 aromatic carbocycles. The van der Waals surface area contributed by atoms with Crippen LogP contribution in [0.2, 0.25) is 0 Å². The van der Waals surface area contributed by atoms with Gasteiger partial charge in [0.1, 0.15) is 0 Å². The first-order valence-corrected chi connectivity index (χ1v) is 3.76. The van der Waals surface area contributed by atoms with Crippen LogP contribution in [0.25, 0.3) is 0 Å². The monoisotopic (exact) mass is 157 g/mol. The number of nitrogens with zero attached hydrogens (tertiary/aromatic N) is 1. The van der Waals surface area contributed by atoms with Gasteiger partial charge in [0.05, 0.1) is 5.92 Å². The summed E-state index contributed by atoms with van der Waals surface area (Å²) >= 11 is 0. The van der Waals surface area contributed by atoms with Crippen LogP contribution in [0.3, 0.4) is 0 Å². The van der Waals surface area contributed by atoms with E-state index in [1.165, 1.54) is 0 Å². The summed E-state index contributed by atoms with van der Waals surface area (Å²) in [5.74, 6) is -0.131. The van der Waals surface area contributed by atoms with E-state index in [2.05, 4.69) is 0 Å². The molecule has 0 heterocycles. The summed E-state index contributed by atoms with van der Waals surface area (Å²) in [6.45, 7) is 5.80. The lowest BCUT2D eigenvalue weighted by Crippen LogP contribution is -2.32. The average Bonchev–Trinajstić information content (AvgIpc) is 1.81. The highest BCUT2D eigenvalue weighted by atomic mass is 16.1. The number of primary amides is 1. The van der Waals surface area contributed by atoms with Crippen molar-refractivity contribution in [1.29, 1.82) is 0 Å². The molecule has 1 radical (unpaired) electrons. The van der Waals surface area contributed by atoms with Crippen molar-refractivity contribution >= 4 is 5.91 Å². The van der Waals surface area contributed by atoms with Gasteiger partial charge in [0.2, 0.25) is 5.91 Å². The number of carbonyl (C=O) groups excluding carboxylic acids is 1. The molecule has 0 aromatic rings. The van der Waals surface area contributed by atoms with Gasteiger partial charge in [0.25, 0.3) is 0 Å². The highest BCUT2D eigenvalue weighted by Gasteiger charge is 2.20. The molecule has 0 bridgehead atoms. The number of rotatable bonds is 4. The lowest BCUT2D eigenvalue weighted by atomic mass is 9.95. The van der Waals surface area contributed by atoms with Crippen molar-refractivity contribution in [2.24, 2.45) is 17.6 Å². The molecule has 0 saturated heterocycles. The lowest BCUT2D eigenvalue weighted by molar-refractivity contribution is -0.122. The second-order valence-corrected chi connectivity index (χ2v) is 3.28. The number of hydrogen-bond donors (Lipinski definition) is 1. The second-order valence-electron chi connectivity index (χ2n) is 3.28. The summed E-state index contributed by atoms with van der Waals surface area (Å²) in [6, 6.07) is 0.